The van der Waals surface area contributed by atoms with E-state index in [0.29, 0.717) is 11.3 Å². The number of pyridine rings is 1. The van der Waals surface area contributed by atoms with Crippen LogP contribution < -0.4 is 5.73 Å². The van der Waals surface area contributed by atoms with Gasteiger partial charge in [-0.15, -0.1) is 0 Å². The molecular weight excluding hydrogens is 224 g/mol. The Kier molecular flexibility index (Phi) is 4.86. The molecule has 0 aliphatic rings. The summed E-state index contributed by atoms with van der Waals surface area (Å²) in [5.74, 6) is -0.568. The quantitative estimate of drug-likeness (QED) is 0.626. The summed E-state index contributed by atoms with van der Waals surface area (Å²) in [6.45, 7) is 1.90. The van der Waals surface area contributed by atoms with Gasteiger partial charge in [0.1, 0.15) is 6.10 Å². The molecule has 94 valence electrons. The van der Waals surface area contributed by atoms with E-state index >= 15 is 0 Å². The average Bonchev–Trinajstić information content (AvgIpc) is 2.29. The molecule has 0 radical (unpaired) electrons. The first-order chi connectivity index (χ1) is 8.06. The molecule has 0 spiro atoms. The third kappa shape index (κ3) is 3.69. The number of anilines is 1. The average molecular weight is 240 g/mol. The smallest absolute Gasteiger partial charge is 0.308 e. The van der Waals surface area contributed by atoms with Crippen LogP contribution in [0.5, 0.6) is 0 Å². The van der Waals surface area contributed by atoms with Crippen LogP contribution in [0.2, 0.25) is 0 Å². The van der Waals surface area contributed by atoms with E-state index in [1.165, 1.54) is 18.5 Å². The minimum atomic E-state index is -1.26. The molecule has 6 nitrogen and oxygen atoms in total. The molecule has 2 atom stereocenters. The van der Waals surface area contributed by atoms with Gasteiger partial charge in [-0.1, -0.05) is 0 Å². The largest absolute Gasteiger partial charge is 0.466 e. The van der Waals surface area contributed by atoms with Crippen molar-refractivity contribution in [1.82, 2.24) is 4.98 Å². The third-order valence-electron chi connectivity index (χ3n) is 2.25. The lowest BCUT2D eigenvalue weighted by atomic mass is 10.0. The van der Waals surface area contributed by atoms with Crippen LogP contribution in [0.25, 0.3) is 0 Å². The number of aliphatic hydroxyl groups is 2. The zero-order valence-electron chi connectivity index (χ0n) is 9.54. The fourth-order valence-corrected chi connectivity index (χ4v) is 1.37. The number of ether oxygens (including phenoxy) is 1. The Hall–Kier alpha value is -1.66. The van der Waals surface area contributed by atoms with Crippen molar-refractivity contribution >= 4 is 11.7 Å². The maximum atomic E-state index is 11.1. The summed E-state index contributed by atoms with van der Waals surface area (Å²) in [7, 11) is 0. The highest BCUT2D eigenvalue weighted by atomic mass is 16.5. The van der Waals surface area contributed by atoms with Gasteiger partial charge in [0, 0.05) is 23.6 Å². The number of esters is 1. The van der Waals surface area contributed by atoms with Crippen LogP contribution in [0, 0.1) is 0 Å². The fraction of sp³-hybridized carbons (Fsp3) is 0.455. The van der Waals surface area contributed by atoms with Crippen LogP contribution in [0.4, 0.5) is 5.69 Å². The number of carbonyl (C=O) groups excluding carboxylic acids is 1. The van der Waals surface area contributed by atoms with E-state index in [1.807, 2.05) is 0 Å². The zero-order chi connectivity index (χ0) is 12.8. The number of nitrogens with two attached hydrogens (primary N) is 1. The zero-order valence-corrected chi connectivity index (χ0v) is 9.54. The van der Waals surface area contributed by atoms with E-state index in [4.69, 9.17) is 5.73 Å². The van der Waals surface area contributed by atoms with Gasteiger partial charge in [-0.25, -0.2) is 0 Å². The number of aliphatic hydroxyl groups excluding tert-OH is 2. The highest BCUT2D eigenvalue weighted by Gasteiger charge is 2.23. The molecule has 1 heterocycles. The number of nitrogens with zero attached hydrogens (tertiary/aromatic N) is 1. The molecule has 0 fully saturated rings. The lowest BCUT2D eigenvalue weighted by Gasteiger charge is -2.18. The lowest BCUT2D eigenvalue weighted by Crippen LogP contribution is -2.24. The summed E-state index contributed by atoms with van der Waals surface area (Å²) >= 11 is 0. The predicted octanol–water partition coefficient (Wildman–Crippen LogP) is 0.0113. The fourth-order valence-electron chi connectivity index (χ4n) is 1.37. The van der Waals surface area contributed by atoms with E-state index in [-0.39, 0.29) is 13.0 Å². The highest BCUT2D eigenvalue weighted by molar-refractivity contribution is 5.70. The highest BCUT2D eigenvalue weighted by Crippen LogP contribution is 2.23. The molecule has 0 aromatic carbocycles. The molecule has 1 aromatic rings. The monoisotopic (exact) mass is 240 g/mol. The van der Waals surface area contributed by atoms with Gasteiger partial charge in [-0.3, -0.25) is 9.78 Å². The van der Waals surface area contributed by atoms with Crippen molar-refractivity contribution in [1.29, 1.82) is 0 Å². The minimum absolute atomic E-state index is 0.233. The second kappa shape index (κ2) is 6.17. The van der Waals surface area contributed by atoms with Gasteiger partial charge in [0.15, 0.2) is 0 Å². The molecule has 0 aliphatic carbocycles. The molecule has 0 bridgehead atoms. The Morgan fingerprint density at radius 1 is 1.59 bits per heavy atom. The second-order valence-electron chi connectivity index (χ2n) is 3.53. The van der Waals surface area contributed by atoms with E-state index < -0.39 is 18.2 Å². The molecule has 1 aromatic heterocycles. The Balaban J connectivity index is 2.67. The van der Waals surface area contributed by atoms with E-state index in [9.17, 15) is 15.0 Å². The first-order valence-electron chi connectivity index (χ1n) is 5.27. The molecule has 2 unspecified atom stereocenters. The standard InChI is InChI=1S/C11H16N2O4/c1-2-17-10(15)5-9(14)11(16)7-6-13-4-3-8(7)12/h3-4,6,9,11,14,16H,2,5H2,1H3,(H2,12,13). The van der Waals surface area contributed by atoms with Gasteiger partial charge in [0.05, 0.1) is 19.1 Å². The summed E-state index contributed by atoms with van der Waals surface area (Å²) in [4.78, 5) is 14.9. The molecule has 0 amide bonds. The molecule has 17 heavy (non-hydrogen) atoms. The maximum Gasteiger partial charge on any atom is 0.308 e. The van der Waals surface area contributed by atoms with Gasteiger partial charge >= 0.3 is 5.97 Å². The van der Waals surface area contributed by atoms with Gasteiger partial charge < -0.3 is 20.7 Å². The summed E-state index contributed by atoms with van der Waals surface area (Å²) in [5.41, 5.74) is 6.23. The number of nitrogen functional groups attached to an aromatic ring is 1. The second-order valence-corrected chi connectivity index (χ2v) is 3.53. The van der Waals surface area contributed by atoms with E-state index in [1.54, 1.807) is 6.92 Å². The molecule has 0 saturated carbocycles. The molecule has 1 rings (SSSR count). The van der Waals surface area contributed by atoms with Gasteiger partial charge in [-0.05, 0) is 13.0 Å². The van der Waals surface area contributed by atoms with Crippen LogP contribution in [0.1, 0.15) is 25.0 Å². The van der Waals surface area contributed by atoms with Gasteiger partial charge in [-0.2, -0.15) is 0 Å². The number of hydrogen-bond acceptors (Lipinski definition) is 6. The van der Waals surface area contributed by atoms with E-state index in [2.05, 4.69) is 9.72 Å². The third-order valence-corrected chi connectivity index (χ3v) is 2.25. The predicted molar refractivity (Wildman–Crippen MR) is 60.9 cm³/mol. The van der Waals surface area contributed by atoms with Gasteiger partial charge in [0.2, 0.25) is 0 Å². The minimum Gasteiger partial charge on any atom is -0.466 e. The number of carbonyl (C=O) groups is 1. The molecule has 4 N–H and O–H groups in total. The van der Waals surface area contributed by atoms with Crippen LogP contribution >= 0.6 is 0 Å². The molecular formula is C11H16N2O4. The molecule has 0 aliphatic heterocycles. The van der Waals surface area contributed by atoms with Gasteiger partial charge in [0.25, 0.3) is 0 Å². The van der Waals surface area contributed by atoms with Crippen molar-refractivity contribution in [2.75, 3.05) is 12.3 Å². The number of hydrogen-bond donors (Lipinski definition) is 3. The van der Waals surface area contributed by atoms with Crippen molar-refractivity contribution in [2.45, 2.75) is 25.6 Å². The summed E-state index contributed by atoms with van der Waals surface area (Å²) in [5, 5.41) is 19.5. The lowest BCUT2D eigenvalue weighted by molar-refractivity contribution is -0.147. The molecule has 6 heteroatoms. The Bertz CT molecular complexity index is 383. The van der Waals surface area contributed by atoms with Crippen LogP contribution in [0.15, 0.2) is 18.5 Å². The number of aromatic nitrogens is 1. The topological polar surface area (TPSA) is 106 Å². The van der Waals surface area contributed by atoms with Crippen LogP contribution in [-0.2, 0) is 9.53 Å². The van der Waals surface area contributed by atoms with Crippen molar-refractivity contribution in [3.63, 3.8) is 0 Å². The maximum absolute atomic E-state index is 11.1. The van der Waals surface area contributed by atoms with Crippen molar-refractivity contribution in [3.8, 4) is 0 Å². The Morgan fingerprint density at radius 2 is 2.29 bits per heavy atom. The van der Waals surface area contributed by atoms with Crippen molar-refractivity contribution < 1.29 is 19.7 Å². The Labute approximate surface area is 99.0 Å². The van der Waals surface area contributed by atoms with Crippen LogP contribution in [-0.4, -0.2) is 33.9 Å². The normalized spacial score (nSPS) is 14.1. The summed E-state index contributed by atoms with van der Waals surface area (Å²) < 4.78 is 4.67. The molecule has 0 saturated heterocycles. The Morgan fingerprint density at radius 3 is 2.88 bits per heavy atom. The summed E-state index contributed by atoms with van der Waals surface area (Å²) in [6, 6.07) is 1.51. The number of rotatable bonds is 5. The van der Waals surface area contributed by atoms with Crippen molar-refractivity contribution in [2.24, 2.45) is 0 Å². The van der Waals surface area contributed by atoms with Crippen LogP contribution in [0.3, 0.4) is 0 Å². The summed E-state index contributed by atoms with van der Waals surface area (Å²) in [6.07, 6.45) is 0.0229. The SMILES string of the molecule is CCOC(=O)CC(O)C(O)c1cnccc1N. The van der Waals surface area contributed by atoms with Crippen molar-refractivity contribution in [3.05, 3.63) is 24.0 Å². The first-order valence-corrected chi connectivity index (χ1v) is 5.27. The first kappa shape index (κ1) is 13.4. The van der Waals surface area contributed by atoms with E-state index in [0.717, 1.165) is 0 Å².